The van der Waals surface area contributed by atoms with Gasteiger partial charge in [0, 0.05) is 57.8 Å². The molecular formula is C21H32N6O4. The minimum atomic E-state index is -0.478. The zero-order chi connectivity index (χ0) is 22.4. The highest BCUT2D eigenvalue weighted by Crippen LogP contribution is 2.27. The third kappa shape index (κ3) is 6.14. The van der Waals surface area contributed by atoms with Crippen molar-refractivity contribution in [2.75, 3.05) is 33.4 Å². The van der Waals surface area contributed by atoms with E-state index in [1.165, 1.54) is 7.11 Å². The average molecular weight is 433 g/mol. The van der Waals surface area contributed by atoms with Gasteiger partial charge in [0.2, 0.25) is 11.8 Å². The Morgan fingerprint density at radius 3 is 2.68 bits per heavy atom. The predicted octanol–water partition coefficient (Wildman–Crippen LogP) is -0.294. The second-order valence-electron chi connectivity index (χ2n) is 8.39. The van der Waals surface area contributed by atoms with E-state index in [2.05, 4.69) is 25.8 Å². The summed E-state index contributed by atoms with van der Waals surface area (Å²) in [6.45, 7) is 5.69. The van der Waals surface area contributed by atoms with Crippen LogP contribution in [0.1, 0.15) is 25.8 Å². The van der Waals surface area contributed by atoms with Gasteiger partial charge in [0.05, 0.1) is 6.04 Å². The van der Waals surface area contributed by atoms with Crippen LogP contribution in [0.4, 0.5) is 4.79 Å². The number of nitrogens with zero attached hydrogens (tertiary/aromatic N) is 3. The van der Waals surface area contributed by atoms with Crippen molar-refractivity contribution < 1.29 is 19.1 Å². The Balaban J connectivity index is 1.70. The number of hydrogen-bond donors (Lipinski definition) is 3. The minimum absolute atomic E-state index is 0.0182. The standard InChI is InChI=1S/C21H32N6O4/c1-14(2)24-21(30)25-16-8-17-12-26(10-15-4-6-22-7-5-15)18(20(29)27(17)11-16)9-23-19(28)13-31-3/h4-7,14,16-18H,8-13H2,1-3H3,(H,23,28)(H2,24,25,30)/t16-,17-,18-/m0/s1. The van der Waals surface area contributed by atoms with Gasteiger partial charge in [-0.05, 0) is 38.0 Å². The van der Waals surface area contributed by atoms with Gasteiger partial charge in [0.15, 0.2) is 0 Å². The Kier molecular flexibility index (Phi) is 7.80. The van der Waals surface area contributed by atoms with E-state index in [1.54, 1.807) is 12.4 Å². The average Bonchev–Trinajstić information content (AvgIpc) is 3.10. The highest BCUT2D eigenvalue weighted by atomic mass is 16.5. The quantitative estimate of drug-likeness (QED) is 0.520. The summed E-state index contributed by atoms with van der Waals surface area (Å²) in [5, 5.41) is 8.60. The van der Waals surface area contributed by atoms with Gasteiger partial charge in [-0.25, -0.2) is 4.79 Å². The first-order valence-corrected chi connectivity index (χ1v) is 10.6. The van der Waals surface area contributed by atoms with Crippen LogP contribution in [0, 0.1) is 0 Å². The van der Waals surface area contributed by atoms with Crippen molar-refractivity contribution in [1.82, 2.24) is 30.7 Å². The van der Waals surface area contributed by atoms with Crippen LogP contribution in [-0.2, 0) is 20.9 Å². The van der Waals surface area contributed by atoms with E-state index in [9.17, 15) is 14.4 Å². The molecule has 31 heavy (non-hydrogen) atoms. The number of pyridine rings is 1. The van der Waals surface area contributed by atoms with Crippen molar-refractivity contribution in [3.8, 4) is 0 Å². The lowest BCUT2D eigenvalue weighted by Crippen LogP contribution is -2.62. The molecule has 170 valence electrons. The molecule has 0 spiro atoms. The first-order valence-electron chi connectivity index (χ1n) is 10.6. The fraction of sp³-hybridized carbons (Fsp3) is 0.619. The molecule has 10 heteroatoms. The van der Waals surface area contributed by atoms with E-state index in [0.717, 1.165) is 5.56 Å². The van der Waals surface area contributed by atoms with E-state index in [0.29, 0.717) is 26.1 Å². The molecule has 3 atom stereocenters. The van der Waals surface area contributed by atoms with Gasteiger partial charge >= 0.3 is 6.03 Å². The number of piperazine rings is 1. The summed E-state index contributed by atoms with van der Waals surface area (Å²) in [7, 11) is 1.46. The Morgan fingerprint density at radius 1 is 1.26 bits per heavy atom. The molecule has 0 aliphatic carbocycles. The first kappa shape index (κ1) is 23.0. The van der Waals surface area contributed by atoms with E-state index in [1.807, 2.05) is 30.9 Å². The highest BCUT2D eigenvalue weighted by molar-refractivity contribution is 5.85. The van der Waals surface area contributed by atoms with Crippen molar-refractivity contribution in [2.24, 2.45) is 0 Å². The molecule has 0 bridgehead atoms. The number of carbonyl (C=O) groups excluding carboxylic acids is 3. The van der Waals surface area contributed by atoms with Crippen LogP contribution >= 0.6 is 0 Å². The fourth-order valence-electron chi connectivity index (χ4n) is 4.21. The topological polar surface area (TPSA) is 116 Å². The zero-order valence-corrected chi connectivity index (χ0v) is 18.3. The fourth-order valence-corrected chi connectivity index (χ4v) is 4.21. The number of amides is 4. The molecule has 0 aromatic carbocycles. The molecule has 2 fully saturated rings. The number of hydrogen-bond acceptors (Lipinski definition) is 6. The van der Waals surface area contributed by atoms with Gasteiger partial charge in [0.1, 0.15) is 12.6 Å². The Labute approximate surface area is 182 Å². The summed E-state index contributed by atoms with van der Waals surface area (Å²) in [5.41, 5.74) is 1.05. The second-order valence-corrected chi connectivity index (χ2v) is 8.39. The van der Waals surface area contributed by atoms with Gasteiger partial charge in [-0.15, -0.1) is 0 Å². The predicted molar refractivity (Wildman–Crippen MR) is 114 cm³/mol. The molecule has 1 aromatic rings. The molecule has 0 saturated carbocycles. The summed E-state index contributed by atoms with van der Waals surface area (Å²) in [6.07, 6.45) is 4.16. The maximum Gasteiger partial charge on any atom is 0.315 e. The lowest BCUT2D eigenvalue weighted by atomic mass is 10.0. The van der Waals surface area contributed by atoms with Gasteiger partial charge in [-0.1, -0.05) is 0 Å². The monoisotopic (exact) mass is 432 g/mol. The third-order valence-corrected chi connectivity index (χ3v) is 5.53. The van der Waals surface area contributed by atoms with Crippen molar-refractivity contribution in [1.29, 1.82) is 0 Å². The molecule has 4 amide bonds. The Hall–Kier alpha value is -2.72. The molecular weight excluding hydrogens is 400 g/mol. The van der Waals surface area contributed by atoms with Crippen LogP contribution in [0.15, 0.2) is 24.5 Å². The Bertz CT molecular complexity index is 774. The summed E-state index contributed by atoms with van der Waals surface area (Å²) in [6, 6.07) is 3.11. The number of rotatable bonds is 8. The summed E-state index contributed by atoms with van der Waals surface area (Å²) < 4.78 is 4.87. The van der Waals surface area contributed by atoms with E-state index >= 15 is 0 Å². The van der Waals surface area contributed by atoms with Gasteiger partial charge in [-0.2, -0.15) is 0 Å². The number of ether oxygens (including phenoxy) is 1. The molecule has 3 heterocycles. The minimum Gasteiger partial charge on any atom is -0.375 e. The largest absolute Gasteiger partial charge is 0.375 e. The van der Waals surface area contributed by atoms with Crippen LogP contribution in [-0.4, -0.2) is 90.1 Å². The van der Waals surface area contributed by atoms with Crippen molar-refractivity contribution in [3.63, 3.8) is 0 Å². The van der Waals surface area contributed by atoms with Crippen LogP contribution in [0.25, 0.3) is 0 Å². The van der Waals surface area contributed by atoms with Crippen LogP contribution in [0.3, 0.4) is 0 Å². The summed E-state index contributed by atoms with van der Waals surface area (Å²) in [5.74, 6) is -0.288. The molecule has 0 unspecified atom stereocenters. The summed E-state index contributed by atoms with van der Waals surface area (Å²) in [4.78, 5) is 45.4. The molecule has 3 N–H and O–H groups in total. The van der Waals surface area contributed by atoms with Gasteiger partial charge in [-0.3, -0.25) is 19.5 Å². The van der Waals surface area contributed by atoms with E-state index < -0.39 is 6.04 Å². The molecule has 2 aliphatic rings. The van der Waals surface area contributed by atoms with Crippen LogP contribution in [0.2, 0.25) is 0 Å². The SMILES string of the molecule is COCC(=O)NC[C@H]1C(=O)N2C[C@@H](NC(=O)NC(C)C)C[C@H]2CN1Cc1ccncc1. The number of carbonyl (C=O) groups is 3. The lowest BCUT2D eigenvalue weighted by molar-refractivity contribution is -0.144. The molecule has 2 aliphatic heterocycles. The Morgan fingerprint density at radius 2 is 2.00 bits per heavy atom. The maximum absolute atomic E-state index is 13.3. The highest BCUT2D eigenvalue weighted by Gasteiger charge is 2.45. The maximum atomic E-state index is 13.3. The zero-order valence-electron chi connectivity index (χ0n) is 18.3. The van der Waals surface area contributed by atoms with Crippen LogP contribution < -0.4 is 16.0 Å². The third-order valence-electron chi connectivity index (χ3n) is 5.53. The van der Waals surface area contributed by atoms with Crippen molar-refractivity contribution >= 4 is 17.8 Å². The number of urea groups is 1. The molecule has 2 saturated heterocycles. The normalized spacial score (nSPS) is 23.5. The number of aromatic nitrogens is 1. The van der Waals surface area contributed by atoms with Crippen molar-refractivity contribution in [2.45, 2.75) is 51.0 Å². The molecule has 1 aromatic heterocycles. The summed E-state index contributed by atoms with van der Waals surface area (Å²) >= 11 is 0. The van der Waals surface area contributed by atoms with E-state index in [4.69, 9.17) is 4.74 Å². The molecule has 10 nitrogen and oxygen atoms in total. The van der Waals surface area contributed by atoms with Gasteiger partial charge < -0.3 is 25.6 Å². The number of nitrogens with one attached hydrogen (secondary N) is 3. The van der Waals surface area contributed by atoms with E-state index in [-0.39, 0.29) is 49.1 Å². The van der Waals surface area contributed by atoms with Gasteiger partial charge in [0.25, 0.3) is 0 Å². The van der Waals surface area contributed by atoms with Crippen LogP contribution in [0.5, 0.6) is 0 Å². The smallest absolute Gasteiger partial charge is 0.315 e. The van der Waals surface area contributed by atoms with Crippen molar-refractivity contribution in [3.05, 3.63) is 30.1 Å². The molecule has 0 radical (unpaired) electrons. The number of methoxy groups -OCH3 is 1. The second kappa shape index (κ2) is 10.5. The first-order chi connectivity index (χ1) is 14.9. The number of fused-ring (bicyclic) bond motifs is 1. The lowest BCUT2D eigenvalue weighted by Gasteiger charge is -2.42. The molecule has 3 rings (SSSR count).